The molecule has 0 fully saturated rings. The van der Waals surface area contributed by atoms with Crippen molar-refractivity contribution in [2.75, 3.05) is 27.2 Å². The van der Waals surface area contributed by atoms with Gasteiger partial charge in [0.1, 0.15) is 31.7 Å². The fourth-order valence-electron chi connectivity index (χ4n) is 6.04. The molecule has 0 aromatic heterocycles. The molecule has 0 aliphatic rings. The minimum absolute atomic E-state index is 0. The molecular weight excluding hydrogens is 915 g/mol. The largest absolute Gasteiger partial charge is 1.00 e. The van der Waals surface area contributed by atoms with Gasteiger partial charge < -0.3 is 33.5 Å². The zero-order valence-electron chi connectivity index (χ0n) is 40.6. The van der Waals surface area contributed by atoms with E-state index in [-0.39, 0.29) is 105 Å². The van der Waals surface area contributed by atoms with Gasteiger partial charge in [0.05, 0.1) is 9.79 Å². The van der Waals surface area contributed by atoms with Crippen LogP contribution in [0.4, 0.5) is 0 Å². The van der Waals surface area contributed by atoms with Crippen LogP contribution in [-0.2, 0) is 44.2 Å². The van der Waals surface area contributed by atoms with Gasteiger partial charge in [-0.05, 0) is 87.1 Å². The standard InChI is InChI=1S/C22H35NO6S.C16H31NO3.C8H8O5S.2Na/c1-3-4-5-6-9-12-21(24)23(2)18-11-8-7-10-13-22(25)29-19-14-16-20(17-15-19)30(26,27)28;1-3-4-5-6-9-12-15(18)17(2)14-11-8-7-10-13-16(19)20;1-6(9)13-7-2-4-8(5-3-7)14(10,11)12;;/h14-17H,3-13,18H2,1-2H3,(H,26,27,28);3-14H2,1-2H3,(H,19,20);2-5H,1H3,(H,10,11,12);;/q;;;2*+1/p-2. The van der Waals surface area contributed by atoms with Crippen LogP contribution in [-0.4, -0.2) is 97.8 Å². The Balaban J connectivity index is -0.000000955. The Morgan fingerprint density at radius 1 is 0.500 bits per heavy atom. The number of carbonyl (C=O) groups excluding carboxylic acids is 4. The van der Waals surface area contributed by atoms with E-state index in [4.69, 9.17) is 9.84 Å². The van der Waals surface area contributed by atoms with Crippen LogP contribution >= 0.6 is 0 Å². The summed E-state index contributed by atoms with van der Waals surface area (Å²) in [6.07, 6.45) is 20.4. The first-order valence-electron chi connectivity index (χ1n) is 22.4. The SMILES string of the molecule is CC(=O)Oc1ccc(S(=O)(=O)[O-])cc1.CCCCCCCC(=O)N(C)CCCCCCC(=O)O.CCCCCCCC(=O)N(C)CCCCCCC(=O)Oc1ccc(S(=O)(=O)[O-])cc1.[Na+].[Na+]. The van der Waals surface area contributed by atoms with E-state index in [9.17, 15) is 49.9 Å². The zero-order chi connectivity index (χ0) is 48.4. The maximum absolute atomic E-state index is 12.0. The van der Waals surface area contributed by atoms with Gasteiger partial charge in [-0.1, -0.05) is 90.9 Å². The molecule has 0 aliphatic heterocycles. The summed E-state index contributed by atoms with van der Waals surface area (Å²) in [7, 11) is -5.24. The van der Waals surface area contributed by atoms with Crippen molar-refractivity contribution in [3.8, 4) is 11.5 Å². The van der Waals surface area contributed by atoms with Crippen LogP contribution in [0.25, 0.3) is 0 Å². The number of ether oxygens (including phenoxy) is 2. The predicted molar refractivity (Wildman–Crippen MR) is 242 cm³/mol. The van der Waals surface area contributed by atoms with E-state index in [1.54, 1.807) is 4.90 Å². The molecule has 0 spiro atoms. The number of carboxylic acid groups (broad SMARTS) is 1. The summed E-state index contributed by atoms with van der Waals surface area (Å²) >= 11 is 0. The van der Waals surface area contributed by atoms with E-state index < -0.39 is 38.1 Å². The molecule has 2 amide bonds. The number of hydrogen-bond acceptors (Lipinski definition) is 13. The van der Waals surface area contributed by atoms with Gasteiger partial charge in [0.2, 0.25) is 11.8 Å². The molecule has 2 aromatic carbocycles. The van der Waals surface area contributed by atoms with Crippen LogP contribution in [0.15, 0.2) is 58.3 Å². The summed E-state index contributed by atoms with van der Waals surface area (Å²) in [5, 5.41) is 8.51. The van der Waals surface area contributed by atoms with E-state index in [0.29, 0.717) is 19.3 Å². The molecule has 0 saturated heterocycles. The third-order valence-corrected chi connectivity index (χ3v) is 11.5. The van der Waals surface area contributed by atoms with Crippen LogP contribution in [0.1, 0.15) is 162 Å². The number of carbonyl (C=O) groups is 5. The number of rotatable bonds is 30. The van der Waals surface area contributed by atoms with Gasteiger partial charge in [0, 0.05) is 59.8 Å². The summed E-state index contributed by atoms with van der Waals surface area (Å²) in [6.45, 7) is 7.11. The van der Waals surface area contributed by atoms with Crippen LogP contribution < -0.4 is 68.6 Å². The fraction of sp³-hybridized carbons (Fsp3) is 0.630. The van der Waals surface area contributed by atoms with E-state index in [0.717, 1.165) is 108 Å². The average molecular weight is 987 g/mol. The molecule has 0 atom stereocenters. The first kappa shape index (κ1) is 67.9. The summed E-state index contributed by atoms with van der Waals surface area (Å²) in [6, 6.07) is 9.47. The van der Waals surface area contributed by atoms with Crippen molar-refractivity contribution in [1.29, 1.82) is 0 Å². The van der Waals surface area contributed by atoms with Gasteiger partial charge in [-0.3, -0.25) is 24.0 Å². The predicted octanol–water partition coefficient (Wildman–Crippen LogP) is 2.63. The van der Waals surface area contributed by atoms with Crippen molar-refractivity contribution < 1.29 is 124 Å². The van der Waals surface area contributed by atoms with Crippen LogP contribution in [0.3, 0.4) is 0 Å². The van der Waals surface area contributed by atoms with E-state index in [1.807, 2.05) is 19.0 Å². The van der Waals surface area contributed by atoms with Gasteiger partial charge in [-0.2, -0.15) is 0 Å². The summed E-state index contributed by atoms with van der Waals surface area (Å²) < 4.78 is 73.9. The number of amides is 2. The Hall–Kier alpha value is -2.39. The fourth-order valence-corrected chi connectivity index (χ4v) is 6.98. The Kier molecular flexibility index (Phi) is 41.6. The number of carboxylic acids is 1. The van der Waals surface area contributed by atoms with Crippen molar-refractivity contribution in [2.24, 2.45) is 0 Å². The quantitative estimate of drug-likeness (QED) is 0.0389. The maximum atomic E-state index is 12.0. The average Bonchev–Trinajstić information content (AvgIpc) is 3.22. The van der Waals surface area contributed by atoms with Gasteiger partial charge in [0.25, 0.3) is 0 Å². The molecular formula is C46H72N2Na2O14S2. The molecule has 0 bridgehead atoms. The minimum atomic E-state index is -4.51. The van der Waals surface area contributed by atoms with E-state index >= 15 is 0 Å². The number of unbranched alkanes of at least 4 members (excludes halogenated alkanes) is 14. The second kappa shape index (κ2) is 40.5. The molecule has 1 N–H and O–H groups in total. The molecule has 364 valence electrons. The van der Waals surface area contributed by atoms with Crippen LogP contribution in [0, 0.1) is 0 Å². The molecule has 0 radical (unpaired) electrons. The normalized spacial score (nSPS) is 10.7. The molecule has 0 heterocycles. The van der Waals surface area contributed by atoms with Gasteiger partial charge >= 0.3 is 77.0 Å². The van der Waals surface area contributed by atoms with Gasteiger partial charge in [0.15, 0.2) is 0 Å². The zero-order valence-corrected chi connectivity index (χ0v) is 46.2. The van der Waals surface area contributed by atoms with Crippen LogP contribution in [0.2, 0.25) is 0 Å². The molecule has 16 nitrogen and oxygen atoms in total. The summed E-state index contributed by atoms with van der Waals surface area (Å²) in [4.78, 5) is 59.4. The molecule has 2 aromatic rings. The van der Waals surface area contributed by atoms with E-state index in [1.165, 1.54) is 69.7 Å². The first-order chi connectivity index (χ1) is 30.2. The smallest absolute Gasteiger partial charge is 0.744 e. The Morgan fingerprint density at radius 3 is 1.15 bits per heavy atom. The van der Waals surface area contributed by atoms with Crippen molar-refractivity contribution in [3.63, 3.8) is 0 Å². The second-order valence-electron chi connectivity index (χ2n) is 15.6. The summed E-state index contributed by atoms with van der Waals surface area (Å²) in [5.74, 6) is -0.781. The number of esters is 2. The van der Waals surface area contributed by atoms with Crippen molar-refractivity contribution >= 4 is 50.0 Å². The third kappa shape index (κ3) is 37.6. The van der Waals surface area contributed by atoms with Gasteiger partial charge in [-0.25, -0.2) is 16.8 Å². The maximum Gasteiger partial charge on any atom is 1.00 e. The number of nitrogens with zero attached hydrogens (tertiary/aromatic N) is 2. The van der Waals surface area contributed by atoms with Crippen molar-refractivity contribution in [1.82, 2.24) is 9.80 Å². The van der Waals surface area contributed by atoms with Crippen LogP contribution in [0.5, 0.6) is 11.5 Å². The van der Waals surface area contributed by atoms with E-state index in [2.05, 4.69) is 18.6 Å². The number of hydrogen-bond donors (Lipinski definition) is 1. The van der Waals surface area contributed by atoms with Crippen molar-refractivity contribution in [3.05, 3.63) is 48.5 Å². The molecule has 66 heavy (non-hydrogen) atoms. The monoisotopic (exact) mass is 986 g/mol. The van der Waals surface area contributed by atoms with Gasteiger partial charge in [-0.15, -0.1) is 0 Å². The molecule has 0 aliphatic carbocycles. The third-order valence-electron chi connectivity index (χ3n) is 9.82. The number of benzene rings is 2. The van der Waals surface area contributed by atoms with Crippen molar-refractivity contribution in [2.45, 2.75) is 172 Å². The number of aliphatic carboxylic acids is 1. The Bertz CT molecular complexity index is 1870. The Labute approximate surface area is 438 Å². The molecule has 2 rings (SSSR count). The summed E-state index contributed by atoms with van der Waals surface area (Å²) in [5.41, 5.74) is 0. The topological polar surface area (TPSA) is 245 Å². The first-order valence-corrected chi connectivity index (χ1v) is 25.2. The minimum Gasteiger partial charge on any atom is -0.744 e. The molecule has 0 unspecified atom stereocenters. The Morgan fingerprint density at radius 2 is 0.818 bits per heavy atom. The molecule has 20 heteroatoms. The molecule has 0 saturated carbocycles. The second-order valence-corrected chi connectivity index (χ2v) is 18.4.